The standard InChI is InChI=1S/C31H39ClN7O2P/c1-6-28(40)35-25-17-21(11-12-26(25)39-15-13-31(14-16-39)18-22(19-31)38(2)3)34-30-33-20-23(32)29(37-30)36-24-9-7-8-10-27(24)42(4,5)41/h6-12,17,20,22H,1,13-16,18-19H2,2-5H3,(H,35,40)(H2,33,34,36,37). The van der Waals surface area contributed by atoms with Gasteiger partial charge < -0.3 is 30.3 Å². The van der Waals surface area contributed by atoms with Crippen molar-refractivity contribution >= 4 is 64.5 Å². The van der Waals surface area contributed by atoms with Crippen LogP contribution in [0.1, 0.15) is 25.7 Å². The molecule has 0 atom stereocenters. The van der Waals surface area contributed by atoms with Crippen molar-refractivity contribution in [3.05, 3.63) is 66.3 Å². The highest BCUT2D eigenvalue weighted by Crippen LogP contribution is 2.51. The van der Waals surface area contributed by atoms with E-state index in [0.717, 1.165) is 31.6 Å². The maximum absolute atomic E-state index is 12.8. The summed E-state index contributed by atoms with van der Waals surface area (Å²) in [5.41, 5.74) is 3.51. The molecule has 3 aromatic rings. The Bertz CT molecular complexity index is 1520. The van der Waals surface area contributed by atoms with E-state index in [1.807, 2.05) is 42.5 Å². The summed E-state index contributed by atoms with van der Waals surface area (Å²) in [6, 6.07) is 14.0. The summed E-state index contributed by atoms with van der Waals surface area (Å²) >= 11 is 6.43. The molecule has 3 N–H and O–H groups in total. The number of hydrogen-bond donors (Lipinski definition) is 3. The van der Waals surface area contributed by atoms with Gasteiger partial charge in [-0.25, -0.2) is 4.98 Å². The van der Waals surface area contributed by atoms with Crippen LogP contribution >= 0.6 is 18.7 Å². The molecule has 222 valence electrons. The van der Waals surface area contributed by atoms with E-state index < -0.39 is 7.14 Å². The minimum atomic E-state index is -2.54. The Kier molecular flexibility index (Phi) is 8.65. The molecule has 42 heavy (non-hydrogen) atoms. The predicted octanol–water partition coefficient (Wildman–Crippen LogP) is 6.30. The van der Waals surface area contributed by atoms with E-state index in [9.17, 15) is 9.36 Å². The molecule has 0 bridgehead atoms. The van der Waals surface area contributed by atoms with E-state index in [1.54, 1.807) is 13.3 Å². The molecule has 5 rings (SSSR count). The summed E-state index contributed by atoms with van der Waals surface area (Å²) in [5.74, 6) is 0.443. The van der Waals surface area contributed by atoms with Crippen LogP contribution in [-0.2, 0) is 9.36 Å². The molecule has 0 unspecified atom stereocenters. The van der Waals surface area contributed by atoms with E-state index >= 15 is 0 Å². The molecule has 1 aliphatic heterocycles. The molecule has 9 nitrogen and oxygen atoms in total. The lowest BCUT2D eigenvalue weighted by molar-refractivity contribution is -0.111. The van der Waals surface area contributed by atoms with Crippen LogP contribution < -0.4 is 26.2 Å². The summed E-state index contributed by atoms with van der Waals surface area (Å²) in [6.45, 7) is 8.97. The van der Waals surface area contributed by atoms with Crippen LogP contribution in [0.2, 0.25) is 5.02 Å². The molecule has 1 saturated carbocycles. The monoisotopic (exact) mass is 607 g/mol. The van der Waals surface area contributed by atoms with Gasteiger partial charge in [-0.2, -0.15) is 4.98 Å². The number of carbonyl (C=O) groups excluding carboxylic acids is 1. The Hall–Kier alpha value is -3.39. The molecule has 2 aliphatic rings. The number of piperidine rings is 1. The number of benzene rings is 2. The quantitative estimate of drug-likeness (QED) is 0.192. The molecule has 1 aromatic heterocycles. The zero-order chi connectivity index (χ0) is 30.1. The molecule has 1 saturated heterocycles. The van der Waals surface area contributed by atoms with E-state index in [0.29, 0.717) is 50.6 Å². The Morgan fingerprint density at radius 3 is 2.50 bits per heavy atom. The first kappa shape index (κ1) is 30.1. The highest BCUT2D eigenvalue weighted by molar-refractivity contribution is 7.70. The number of anilines is 6. The summed E-state index contributed by atoms with van der Waals surface area (Å²) in [4.78, 5) is 26.0. The van der Waals surface area contributed by atoms with Crippen molar-refractivity contribution in [3.8, 4) is 0 Å². The van der Waals surface area contributed by atoms with Crippen LogP contribution in [0.4, 0.5) is 34.5 Å². The fraction of sp³-hybridized carbons (Fsp3) is 0.387. The van der Waals surface area contributed by atoms with E-state index in [2.05, 4.69) is 56.4 Å². The van der Waals surface area contributed by atoms with Crippen LogP contribution in [-0.4, -0.2) is 67.3 Å². The van der Waals surface area contributed by atoms with Crippen LogP contribution in [0.5, 0.6) is 0 Å². The lowest BCUT2D eigenvalue weighted by atomic mass is 9.60. The molecule has 1 spiro atoms. The van der Waals surface area contributed by atoms with Gasteiger partial charge in [-0.15, -0.1) is 0 Å². The van der Waals surface area contributed by atoms with Gasteiger partial charge in [0.15, 0.2) is 5.82 Å². The first-order chi connectivity index (χ1) is 20.0. The Balaban J connectivity index is 1.34. The summed E-state index contributed by atoms with van der Waals surface area (Å²) < 4.78 is 12.8. The minimum absolute atomic E-state index is 0.272. The SMILES string of the molecule is C=CC(=O)Nc1cc(Nc2ncc(Cl)c(Nc3ccccc3P(C)(C)=O)n2)ccc1N1CCC2(CC1)CC(N(C)C)C2. The number of para-hydroxylation sites is 1. The summed E-state index contributed by atoms with van der Waals surface area (Å²) in [7, 11) is 1.80. The lowest BCUT2D eigenvalue weighted by Crippen LogP contribution is -2.53. The van der Waals surface area contributed by atoms with Crippen LogP contribution in [0.3, 0.4) is 0 Å². The van der Waals surface area contributed by atoms with E-state index in [1.165, 1.54) is 25.1 Å². The smallest absolute Gasteiger partial charge is 0.247 e. The Morgan fingerprint density at radius 1 is 1.12 bits per heavy atom. The fourth-order valence-electron chi connectivity index (χ4n) is 5.93. The molecule has 2 aromatic carbocycles. The van der Waals surface area contributed by atoms with Crippen molar-refractivity contribution in [3.63, 3.8) is 0 Å². The van der Waals surface area contributed by atoms with Crippen LogP contribution in [0.25, 0.3) is 0 Å². The number of nitrogens with zero attached hydrogens (tertiary/aromatic N) is 4. The first-order valence-corrected chi connectivity index (χ1v) is 17.1. The number of nitrogens with one attached hydrogen (secondary N) is 3. The van der Waals surface area contributed by atoms with E-state index in [-0.39, 0.29) is 5.91 Å². The van der Waals surface area contributed by atoms with Gasteiger partial charge in [0, 0.05) is 30.1 Å². The second-order valence-electron chi connectivity index (χ2n) is 11.9. The summed E-state index contributed by atoms with van der Waals surface area (Å²) in [6.07, 6.45) is 7.60. The number of halogens is 1. The second kappa shape index (κ2) is 12.1. The third kappa shape index (κ3) is 6.64. The third-order valence-corrected chi connectivity index (χ3v) is 10.2. The molecule has 2 fully saturated rings. The number of aromatic nitrogens is 2. The molecule has 11 heteroatoms. The molecular weight excluding hydrogens is 569 g/mol. The Morgan fingerprint density at radius 2 is 1.83 bits per heavy atom. The minimum Gasteiger partial charge on any atom is -0.370 e. The number of rotatable bonds is 9. The number of amides is 1. The molecule has 1 aliphatic carbocycles. The maximum atomic E-state index is 12.8. The van der Waals surface area contributed by atoms with Crippen molar-refractivity contribution < 1.29 is 9.36 Å². The largest absolute Gasteiger partial charge is 0.370 e. The zero-order valence-electron chi connectivity index (χ0n) is 24.7. The summed E-state index contributed by atoms with van der Waals surface area (Å²) in [5, 5.41) is 10.5. The second-order valence-corrected chi connectivity index (χ2v) is 15.5. The average molecular weight is 608 g/mol. The molecule has 2 heterocycles. The van der Waals surface area contributed by atoms with Crippen molar-refractivity contribution in [2.75, 3.05) is 61.4 Å². The van der Waals surface area contributed by atoms with Crippen LogP contribution in [0, 0.1) is 5.41 Å². The van der Waals surface area contributed by atoms with Gasteiger partial charge in [-0.1, -0.05) is 30.3 Å². The van der Waals surface area contributed by atoms with Crippen molar-refractivity contribution in [1.29, 1.82) is 0 Å². The highest BCUT2D eigenvalue weighted by atomic mass is 35.5. The highest BCUT2D eigenvalue weighted by Gasteiger charge is 2.46. The predicted molar refractivity (Wildman–Crippen MR) is 175 cm³/mol. The molecule has 0 radical (unpaired) electrons. The van der Waals surface area contributed by atoms with Gasteiger partial charge >= 0.3 is 0 Å². The average Bonchev–Trinajstić information content (AvgIpc) is 2.93. The fourth-order valence-corrected chi connectivity index (χ4v) is 7.22. The third-order valence-electron chi connectivity index (χ3n) is 8.41. The first-order valence-electron chi connectivity index (χ1n) is 14.2. The topological polar surface area (TPSA) is 102 Å². The van der Waals surface area contributed by atoms with Crippen molar-refractivity contribution in [2.24, 2.45) is 5.41 Å². The van der Waals surface area contributed by atoms with Crippen LogP contribution in [0.15, 0.2) is 61.3 Å². The Labute approximate surface area is 253 Å². The number of hydrogen-bond acceptors (Lipinski definition) is 8. The van der Waals surface area contributed by atoms with Gasteiger partial charge in [0.05, 0.1) is 23.3 Å². The lowest BCUT2D eigenvalue weighted by Gasteiger charge is -2.54. The maximum Gasteiger partial charge on any atom is 0.247 e. The molecule has 1 amide bonds. The van der Waals surface area contributed by atoms with Gasteiger partial charge in [0.2, 0.25) is 11.9 Å². The van der Waals surface area contributed by atoms with Gasteiger partial charge in [-0.05, 0) is 94.9 Å². The van der Waals surface area contributed by atoms with Crippen molar-refractivity contribution in [2.45, 2.75) is 31.7 Å². The van der Waals surface area contributed by atoms with Gasteiger partial charge in [0.25, 0.3) is 0 Å². The van der Waals surface area contributed by atoms with Gasteiger partial charge in [0.1, 0.15) is 12.2 Å². The number of carbonyl (C=O) groups is 1. The van der Waals surface area contributed by atoms with E-state index in [4.69, 9.17) is 11.6 Å². The van der Waals surface area contributed by atoms with Gasteiger partial charge in [-0.3, -0.25) is 4.79 Å². The van der Waals surface area contributed by atoms with Crippen molar-refractivity contribution in [1.82, 2.24) is 14.9 Å². The molecular formula is C31H39ClN7O2P. The zero-order valence-corrected chi connectivity index (χ0v) is 26.3. The normalized spacial score (nSPS) is 16.7.